The fourth-order valence-corrected chi connectivity index (χ4v) is 2.34. The quantitative estimate of drug-likeness (QED) is 0.626. The van der Waals surface area contributed by atoms with Crippen LogP contribution in [0.25, 0.3) is 0 Å². The molecule has 3 atom stereocenters. The molecule has 116 valence electrons. The predicted octanol–water partition coefficient (Wildman–Crippen LogP) is -0.300. The van der Waals surface area contributed by atoms with Gasteiger partial charge in [-0.3, -0.25) is 14.5 Å². The van der Waals surface area contributed by atoms with E-state index in [0.717, 1.165) is 13.0 Å². The van der Waals surface area contributed by atoms with E-state index in [1.165, 1.54) is 0 Å². The Hall–Kier alpha value is -1.14. The predicted molar refractivity (Wildman–Crippen MR) is 79.4 cm³/mol. The molecule has 3 unspecified atom stereocenters. The third-order valence-electron chi connectivity index (χ3n) is 3.82. The molecule has 0 aromatic heterocycles. The van der Waals surface area contributed by atoms with Gasteiger partial charge >= 0.3 is 0 Å². The van der Waals surface area contributed by atoms with E-state index in [4.69, 9.17) is 0 Å². The third-order valence-corrected chi connectivity index (χ3v) is 3.82. The van der Waals surface area contributed by atoms with Crippen LogP contribution in [0.2, 0.25) is 0 Å². The van der Waals surface area contributed by atoms with Crippen molar-refractivity contribution in [1.29, 1.82) is 0 Å². The highest BCUT2D eigenvalue weighted by atomic mass is 16.2. The Labute approximate surface area is 121 Å². The van der Waals surface area contributed by atoms with E-state index in [1.54, 1.807) is 0 Å². The number of piperazine rings is 1. The molecule has 0 radical (unpaired) electrons. The molecule has 6 heteroatoms. The molecule has 3 N–H and O–H groups in total. The van der Waals surface area contributed by atoms with Crippen molar-refractivity contribution in [1.82, 2.24) is 20.9 Å². The van der Waals surface area contributed by atoms with Gasteiger partial charge in [0.1, 0.15) is 6.04 Å². The number of carbonyl (C=O) groups is 2. The van der Waals surface area contributed by atoms with Crippen LogP contribution in [-0.4, -0.2) is 61.0 Å². The minimum atomic E-state index is -0.293. The van der Waals surface area contributed by atoms with Crippen molar-refractivity contribution in [2.45, 2.75) is 52.2 Å². The number of hydrogen-bond acceptors (Lipinski definition) is 4. The van der Waals surface area contributed by atoms with Crippen molar-refractivity contribution >= 4 is 11.8 Å². The summed E-state index contributed by atoms with van der Waals surface area (Å²) in [6, 6.07) is -0.407. The van der Waals surface area contributed by atoms with Crippen LogP contribution in [0.1, 0.15) is 34.1 Å². The summed E-state index contributed by atoms with van der Waals surface area (Å²) in [7, 11) is 0. The number of nitrogens with one attached hydrogen (secondary N) is 3. The molecule has 0 aromatic rings. The first-order valence-corrected chi connectivity index (χ1v) is 7.55. The van der Waals surface area contributed by atoms with Gasteiger partial charge in [-0.05, 0) is 27.2 Å². The lowest BCUT2D eigenvalue weighted by molar-refractivity contribution is -0.133. The SMILES string of the molecule is CCNC(=O)C1CNCCN1C(C)C(=O)NC(C)CC. The van der Waals surface area contributed by atoms with E-state index in [0.29, 0.717) is 19.6 Å². The molecule has 1 saturated heterocycles. The van der Waals surface area contributed by atoms with Crippen LogP contribution in [0.3, 0.4) is 0 Å². The van der Waals surface area contributed by atoms with Gasteiger partial charge in [-0.2, -0.15) is 0 Å². The molecular formula is C14H28N4O2. The van der Waals surface area contributed by atoms with E-state index in [2.05, 4.69) is 16.0 Å². The van der Waals surface area contributed by atoms with E-state index in [9.17, 15) is 9.59 Å². The molecular weight excluding hydrogens is 256 g/mol. The summed E-state index contributed by atoms with van der Waals surface area (Å²) in [5.41, 5.74) is 0. The normalized spacial score (nSPS) is 22.9. The molecule has 0 aliphatic carbocycles. The second-order valence-electron chi connectivity index (χ2n) is 5.35. The summed E-state index contributed by atoms with van der Waals surface area (Å²) in [6.07, 6.45) is 0.903. The van der Waals surface area contributed by atoms with Gasteiger partial charge in [0.15, 0.2) is 0 Å². The summed E-state index contributed by atoms with van der Waals surface area (Å²) in [4.78, 5) is 26.3. The zero-order valence-corrected chi connectivity index (χ0v) is 13.0. The van der Waals surface area contributed by atoms with Gasteiger partial charge in [-0.25, -0.2) is 0 Å². The lowest BCUT2D eigenvalue weighted by Crippen LogP contribution is -2.63. The zero-order chi connectivity index (χ0) is 15.1. The van der Waals surface area contributed by atoms with Gasteiger partial charge in [-0.15, -0.1) is 0 Å². The zero-order valence-electron chi connectivity index (χ0n) is 13.0. The Morgan fingerprint density at radius 1 is 1.35 bits per heavy atom. The van der Waals surface area contributed by atoms with E-state index in [-0.39, 0.29) is 29.9 Å². The van der Waals surface area contributed by atoms with Crippen LogP contribution >= 0.6 is 0 Å². The number of hydrogen-bond donors (Lipinski definition) is 3. The summed E-state index contributed by atoms with van der Waals surface area (Å²) in [5.74, 6) is -0.0153. The third kappa shape index (κ3) is 4.45. The highest BCUT2D eigenvalue weighted by molar-refractivity contribution is 5.85. The first-order valence-electron chi connectivity index (χ1n) is 7.55. The number of amides is 2. The van der Waals surface area contributed by atoms with E-state index in [1.807, 2.05) is 32.6 Å². The van der Waals surface area contributed by atoms with Crippen LogP contribution in [0, 0.1) is 0 Å². The second kappa shape index (κ2) is 8.21. The van der Waals surface area contributed by atoms with Gasteiger partial charge in [-0.1, -0.05) is 6.92 Å². The summed E-state index contributed by atoms with van der Waals surface area (Å²) >= 11 is 0. The second-order valence-corrected chi connectivity index (χ2v) is 5.35. The Balaban J connectivity index is 2.68. The topological polar surface area (TPSA) is 73.5 Å². The largest absolute Gasteiger partial charge is 0.355 e. The Bertz CT molecular complexity index is 335. The van der Waals surface area contributed by atoms with Gasteiger partial charge < -0.3 is 16.0 Å². The maximum atomic E-state index is 12.2. The van der Waals surface area contributed by atoms with Gasteiger partial charge in [0.25, 0.3) is 0 Å². The van der Waals surface area contributed by atoms with Crippen LogP contribution < -0.4 is 16.0 Å². The van der Waals surface area contributed by atoms with Crippen LogP contribution in [-0.2, 0) is 9.59 Å². The molecule has 1 aliphatic heterocycles. The fourth-order valence-electron chi connectivity index (χ4n) is 2.34. The van der Waals surface area contributed by atoms with Crippen molar-refractivity contribution in [2.24, 2.45) is 0 Å². The molecule has 0 saturated carbocycles. The van der Waals surface area contributed by atoms with Gasteiger partial charge in [0, 0.05) is 32.2 Å². The summed E-state index contributed by atoms with van der Waals surface area (Å²) < 4.78 is 0. The Morgan fingerprint density at radius 3 is 2.65 bits per heavy atom. The summed E-state index contributed by atoms with van der Waals surface area (Å²) in [6.45, 7) is 10.5. The average molecular weight is 284 g/mol. The number of rotatable bonds is 6. The number of likely N-dealkylation sites (N-methyl/N-ethyl adjacent to an activating group) is 1. The molecule has 0 bridgehead atoms. The molecule has 6 nitrogen and oxygen atoms in total. The molecule has 1 aliphatic rings. The average Bonchev–Trinajstić information content (AvgIpc) is 2.46. The standard InChI is InChI=1S/C14H28N4O2/c1-5-10(3)17-13(19)11(4)18-8-7-15-9-12(18)14(20)16-6-2/h10-12,15H,5-9H2,1-4H3,(H,16,20)(H,17,19). The molecule has 1 rings (SSSR count). The van der Waals surface area contributed by atoms with Crippen LogP contribution in [0.4, 0.5) is 0 Å². The van der Waals surface area contributed by atoms with Gasteiger partial charge in [0.2, 0.25) is 11.8 Å². The van der Waals surface area contributed by atoms with E-state index < -0.39 is 0 Å². The van der Waals surface area contributed by atoms with Gasteiger partial charge in [0.05, 0.1) is 6.04 Å². The van der Waals surface area contributed by atoms with Crippen molar-refractivity contribution in [2.75, 3.05) is 26.2 Å². The first-order chi connectivity index (χ1) is 9.51. The fraction of sp³-hybridized carbons (Fsp3) is 0.857. The highest BCUT2D eigenvalue weighted by Gasteiger charge is 2.34. The monoisotopic (exact) mass is 284 g/mol. The summed E-state index contributed by atoms with van der Waals surface area (Å²) in [5, 5.41) is 9.04. The molecule has 2 amide bonds. The molecule has 0 aromatic carbocycles. The van der Waals surface area contributed by atoms with E-state index >= 15 is 0 Å². The van der Waals surface area contributed by atoms with Crippen molar-refractivity contribution in [3.8, 4) is 0 Å². The molecule has 1 heterocycles. The molecule has 20 heavy (non-hydrogen) atoms. The maximum absolute atomic E-state index is 12.2. The Kier molecular flexibility index (Phi) is 6.95. The molecule has 1 fully saturated rings. The first kappa shape index (κ1) is 16.9. The van der Waals surface area contributed by atoms with Crippen LogP contribution in [0.15, 0.2) is 0 Å². The van der Waals surface area contributed by atoms with Crippen molar-refractivity contribution in [3.05, 3.63) is 0 Å². The highest BCUT2D eigenvalue weighted by Crippen LogP contribution is 2.10. The van der Waals surface area contributed by atoms with Crippen LogP contribution in [0.5, 0.6) is 0 Å². The minimum absolute atomic E-state index is 0.00412. The number of nitrogens with zero attached hydrogens (tertiary/aromatic N) is 1. The lowest BCUT2D eigenvalue weighted by Gasteiger charge is -2.38. The lowest BCUT2D eigenvalue weighted by atomic mass is 10.1. The Morgan fingerprint density at radius 2 is 2.05 bits per heavy atom. The maximum Gasteiger partial charge on any atom is 0.238 e. The smallest absolute Gasteiger partial charge is 0.238 e. The van der Waals surface area contributed by atoms with Crippen molar-refractivity contribution < 1.29 is 9.59 Å². The minimum Gasteiger partial charge on any atom is -0.355 e. The number of carbonyl (C=O) groups excluding carboxylic acids is 2. The van der Waals surface area contributed by atoms with Crippen molar-refractivity contribution in [3.63, 3.8) is 0 Å². The molecule has 0 spiro atoms.